The number of thiophene rings is 1. The van der Waals surface area contributed by atoms with Crippen molar-refractivity contribution in [3.8, 4) is 9.88 Å². The van der Waals surface area contributed by atoms with E-state index >= 15 is 0 Å². The van der Waals surface area contributed by atoms with Gasteiger partial charge in [-0.2, -0.15) is 0 Å². The fourth-order valence-electron chi connectivity index (χ4n) is 1.98. The highest BCUT2D eigenvalue weighted by Gasteiger charge is 2.27. The summed E-state index contributed by atoms with van der Waals surface area (Å²) in [6, 6.07) is 3.76. The van der Waals surface area contributed by atoms with Crippen molar-refractivity contribution in [1.29, 1.82) is 0 Å². The molecule has 0 unspecified atom stereocenters. The molecule has 1 N–H and O–H groups in total. The van der Waals surface area contributed by atoms with Crippen molar-refractivity contribution in [2.45, 2.75) is 18.7 Å². The number of nitrogens with one attached hydrogen (secondary N) is 1. The second-order valence-electron chi connectivity index (χ2n) is 4.60. The van der Waals surface area contributed by atoms with Crippen molar-refractivity contribution in [2.24, 2.45) is 0 Å². The van der Waals surface area contributed by atoms with Crippen LogP contribution in [0.5, 0.6) is 0 Å². The molecule has 0 atom stereocenters. The molecule has 0 bridgehead atoms. The molecule has 0 radical (unpaired) electrons. The van der Waals surface area contributed by atoms with Gasteiger partial charge < -0.3 is 4.52 Å². The van der Waals surface area contributed by atoms with Gasteiger partial charge in [-0.15, -0.1) is 22.7 Å². The predicted molar refractivity (Wildman–Crippen MR) is 86.1 cm³/mol. The summed E-state index contributed by atoms with van der Waals surface area (Å²) >= 11 is 2.77. The first-order chi connectivity index (χ1) is 10.9. The SMILES string of the molecule is Cc1noc(C)c1S(=O)(=O)NC(=O)c1csc(-c2cccs2)n1. The molecule has 0 aliphatic heterocycles. The van der Waals surface area contributed by atoms with E-state index in [0.29, 0.717) is 5.01 Å². The Balaban J connectivity index is 1.85. The Labute approximate surface area is 140 Å². The van der Waals surface area contributed by atoms with E-state index in [-0.39, 0.29) is 22.0 Å². The van der Waals surface area contributed by atoms with Crippen LogP contribution in [0.1, 0.15) is 21.9 Å². The number of carbonyl (C=O) groups is 1. The van der Waals surface area contributed by atoms with Gasteiger partial charge in [-0.1, -0.05) is 11.2 Å². The largest absolute Gasteiger partial charge is 0.360 e. The van der Waals surface area contributed by atoms with Crippen LogP contribution in [0.3, 0.4) is 0 Å². The summed E-state index contributed by atoms with van der Waals surface area (Å²) in [6.45, 7) is 2.96. The molecule has 7 nitrogen and oxygen atoms in total. The molecule has 0 saturated heterocycles. The number of hydrogen-bond acceptors (Lipinski definition) is 8. The van der Waals surface area contributed by atoms with E-state index in [1.54, 1.807) is 0 Å². The standard InChI is InChI=1S/C13H11N3O4S3/c1-7-11(8(2)20-15-7)23(18,19)16-12(17)9-6-22-13(14-9)10-4-3-5-21-10/h3-6H,1-2H3,(H,16,17). The van der Waals surface area contributed by atoms with E-state index < -0.39 is 15.9 Å². The van der Waals surface area contributed by atoms with Crippen LogP contribution in [-0.4, -0.2) is 24.5 Å². The van der Waals surface area contributed by atoms with Crippen LogP contribution < -0.4 is 4.72 Å². The van der Waals surface area contributed by atoms with Crippen molar-refractivity contribution >= 4 is 38.6 Å². The van der Waals surface area contributed by atoms with Gasteiger partial charge in [-0.25, -0.2) is 18.1 Å². The molecule has 0 saturated carbocycles. The summed E-state index contributed by atoms with van der Waals surface area (Å²) in [5.41, 5.74) is 0.245. The number of amides is 1. The first kappa shape index (κ1) is 15.8. The molecule has 3 rings (SSSR count). The minimum absolute atomic E-state index is 0.0498. The monoisotopic (exact) mass is 369 g/mol. The second-order valence-corrected chi connectivity index (χ2v) is 8.03. The lowest BCUT2D eigenvalue weighted by Gasteiger charge is -2.04. The Morgan fingerprint density at radius 3 is 2.70 bits per heavy atom. The molecule has 3 aromatic heterocycles. The number of carbonyl (C=O) groups excluding carboxylic acids is 1. The summed E-state index contributed by atoms with van der Waals surface area (Å²) in [5.74, 6) is -0.663. The van der Waals surface area contributed by atoms with Crippen molar-refractivity contribution in [1.82, 2.24) is 14.9 Å². The van der Waals surface area contributed by atoms with Crippen LogP contribution >= 0.6 is 22.7 Å². The zero-order chi connectivity index (χ0) is 16.6. The van der Waals surface area contributed by atoms with Gasteiger partial charge in [0.05, 0.1) is 4.88 Å². The molecular formula is C13H11N3O4S3. The number of hydrogen-bond donors (Lipinski definition) is 1. The lowest BCUT2D eigenvalue weighted by Crippen LogP contribution is -2.31. The molecule has 10 heteroatoms. The molecule has 0 aliphatic carbocycles. The molecule has 0 spiro atoms. The molecule has 3 heterocycles. The van der Waals surface area contributed by atoms with Crippen LogP contribution in [0, 0.1) is 13.8 Å². The van der Waals surface area contributed by atoms with Crippen LogP contribution in [0.25, 0.3) is 9.88 Å². The maximum Gasteiger partial charge on any atom is 0.284 e. The Hall–Kier alpha value is -2.04. The highest BCUT2D eigenvalue weighted by atomic mass is 32.2. The molecule has 0 aliphatic rings. The van der Waals surface area contributed by atoms with Crippen molar-refractivity contribution < 1.29 is 17.7 Å². The molecule has 3 aromatic rings. The highest BCUT2D eigenvalue weighted by molar-refractivity contribution is 7.90. The maximum absolute atomic E-state index is 12.3. The number of thiazole rings is 1. The summed E-state index contributed by atoms with van der Waals surface area (Å²) in [5, 5.41) is 7.67. The van der Waals surface area contributed by atoms with Crippen LogP contribution in [0.15, 0.2) is 32.3 Å². The number of nitrogens with zero attached hydrogens (tertiary/aromatic N) is 2. The van der Waals surface area contributed by atoms with Gasteiger partial charge in [0.1, 0.15) is 16.4 Å². The minimum atomic E-state index is -4.06. The second kappa shape index (κ2) is 5.87. The van der Waals surface area contributed by atoms with Gasteiger partial charge in [0.2, 0.25) is 0 Å². The third-order valence-electron chi connectivity index (χ3n) is 2.93. The minimum Gasteiger partial charge on any atom is -0.360 e. The van der Waals surface area contributed by atoms with Gasteiger partial charge in [0.15, 0.2) is 10.7 Å². The lowest BCUT2D eigenvalue weighted by atomic mass is 10.4. The highest BCUT2D eigenvalue weighted by Crippen LogP contribution is 2.28. The van der Waals surface area contributed by atoms with E-state index in [9.17, 15) is 13.2 Å². The lowest BCUT2D eigenvalue weighted by molar-refractivity contribution is 0.0977. The molecule has 23 heavy (non-hydrogen) atoms. The molecule has 0 fully saturated rings. The topological polar surface area (TPSA) is 102 Å². The summed E-state index contributed by atoms with van der Waals surface area (Å²) in [7, 11) is -4.06. The van der Waals surface area contributed by atoms with E-state index in [1.807, 2.05) is 22.2 Å². The number of aromatic nitrogens is 2. The van der Waals surface area contributed by atoms with Gasteiger partial charge in [0.25, 0.3) is 15.9 Å². The Morgan fingerprint density at radius 2 is 2.09 bits per heavy atom. The average Bonchev–Trinajstić information content (AvgIpc) is 3.17. The van der Waals surface area contributed by atoms with Crippen LogP contribution in [0.2, 0.25) is 0 Å². The molecular weight excluding hydrogens is 358 g/mol. The van der Waals surface area contributed by atoms with Crippen molar-refractivity contribution in [3.63, 3.8) is 0 Å². The van der Waals surface area contributed by atoms with Crippen molar-refractivity contribution in [2.75, 3.05) is 0 Å². The Morgan fingerprint density at radius 1 is 1.30 bits per heavy atom. The Kier molecular flexibility index (Phi) is 4.04. The molecule has 1 amide bonds. The normalized spacial score (nSPS) is 11.6. The quantitative estimate of drug-likeness (QED) is 0.758. The third-order valence-corrected chi connectivity index (χ3v) is 6.39. The smallest absolute Gasteiger partial charge is 0.284 e. The average molecular weight is 369 g/mol. The molecule has 0 aromatic carbocycles. The fraction of sp³-hybridized carbons (Fsp3) is 0.154. The summed E-state index contributed by atoms with van der Waals surface area (Å²) in [4.78, 5) is 17.1. The van der Waals surface area contributed by atoms with E-state index in [4.69, 9.17) is 4.52 Å². The zero-order valence-electron chi connectivity index (χ0n) is 12.1. The van der Waals surface area contributed by atoms with Gasteiger partial charge >= 0.3 is 0 Å². The first-order valence-corrected chi connectivity index (χ1v) is 9.62. The molecule has 120 valence electrons. The number of sulfonamides is 1. The van der Waals surface area contributed by atoms with E-state index in [0.717, 1.165) is 4.88 Å². The van der Waals surface area contributed by atoms with Gasteiger partial charge in [-0.05, 0) is 25.3 Å². The van der Waals surface area contributed by atoms with Crippen LogP contribution in [-0.2, 0) is 10.0 Å². The predicted octanol–water partition coefficient (Wildman–Crippen LogP) is 2.60. The fourth-order valence-corrected chi connectivity index (χ4v) is 4.88. The van der Waals surface area contributed by atoms with Crippen molar-refractivity contribution in [3.05, 3.63) is 40.0 Å². The first-order valence-electron chi connectivity index (χ1n) is 6.38. The number of rotatable bonds is 4. The Bertz CT molecular complexity index is 935. The summed E-state index contributed by atoms with van der Waals surface area (Å²) < 4.78 is 31.4. The van der Waals surface area contributed by atoms with Gasteiger partial charge in [-0.3, -0.25) is 4.79 Å². The zero-order valence-corrected chi connectivity index (χ0v) is 14.5. The van der Waals surface area contributed by atoms with Crippen LogP contribution in [0.4, 0.5) is 0 Å². The summed E-state index contributed by atoms with van der Waals surface area (Å²) in [6.07, 6.45) is 0. The van der Waals surface area contributed by atoms with E-state index in [2.05, 4.69) is 10.1 Å². The maximum atomic E-state index is 12.3. The van der Waals surface area contributed by atoms with E-state index in [1.165, 1.54) is 41.9 Å². The number of aryl methyl sites for hydroxylation is 2. The van der Waals surface area contributed by atoms with Gasteiger partial charge in [0, 0.05) is 5.38 Å². The third kappa shape index (κ3) is 3.05.